The highest BCUT2D eigenvalue weighted by Crippen LogP contribution is 2.35. The van der Waals surface area contributed by atoms with Gasteiger partial charge in [-0.25, -0.2) is 8.42 Å². The van der Waals surface area contributed by atoms with Gasteiger partial charge in [0, 0.05) is 18.7 Å². The number of carbonyl (C=O) groups is 1. The molecule has 0 aromatic heterocycles. The lowest BCUT2D eigenvalue weighted by Gasteiger charge is -2.22. The zero-order valence-electron chi connectivity index (χ0n) is 12.3. The number of sulfonamides is 1. The number of benzene rings is 1. The van der Waals surface area contributed by atoms with Gasteiger partial charge in [0.05, 0.1) is 4.90 Å². The van der Waals surface area contributed by atoms with E-state index in [-0.39, 0.29) is 5.78 Å². The van der Waals surface area contributed by atoms with Crippen molar-refractivity contribution in [2.45, 2.75) is 37.5 Å². The summed E-state index contributed by atoms with van der Waals surface area (Å²) in [5, 5.41) is 0. The monoisotopic (exact) mass is 307 g/mol. The molecule has 2 fully saturated rings. The quantitative estimate of drug-likeness (QED) is 0.728. The molecule has 0 amide bonds. The standard InChI is InChI=1S/C16H21NO3S/c1-12(18)15-6-8-16(9-7-15)21(19,20)17(10-13-2-3-13)11-14-4-5-14/h6-9,13-14H,2-5,10-11H2,1H3. The fraction of sp³-hybridized carbons (Fsp3) is 0.562. The van der Waals surface area contributed by atoms with Crippen LogP contribution in [0.2, 0.25) is 0 Å². The molecule has 0 saturated heterocycles. The first-order chi connectivity index (χ1) is 9.96. The Balaban J connectivity index is 1.82. The van der Waals surface area contributed by atoms with Crippen LogP contribution in [0.25, 0.3) is 0 Å². The van der Waals surface area contributed by atoms with Crippen molar-refractivity contribution >= 4 is 15.8 Å². The minimum Gasteiger partial charge on any atom is -0.295 e. The van der Waals surface area contributed by atoms with Crippen LogP contribution in [-0.2, 0) is 10.0 Å². The predicted molar refractivity (Wildman–Crippen MR) is 80.7 cm³/mol. The van der Waals surface area contributed by atoms with Crippen LogP contribution in [0.15, 0.2) is 29.2 Å². The highest BCUT2D eigenvalue weighted by Gasteiger charge is 2.35. The summed E-state index contributed by atoms with van der Waals surface area (Å²) in [6, 6.07) is 6.31. The molecule has 0 atom stereocenters. The second-order valence-electron chi connectivity index (χ2n) is 6.29. The van der Waals surface area contributed by atoms with Crippen LogP contribution in [0.5, 0.6) is 0 Å². The van der Waals surface area contributed by atoms with E-state index < -0.39 is 10.0 Å². The lowest BCUT2D eigenvalue weighted by Crippen LogP contribution is -2.34. The first kappa shape index (κ1) is 14.7. The Morgan fingerprint density at radius 2 is 1.52 bits per heavy atom. The van der Waals surface area contributed by atoms with E-state index in [9.17, 15) is 13.2 Å². The fourth-order valence-corrected chi connectivity index (χ4v) is 4.05. The Kier molecular flexibility index (Phi) is 3.88. The SMILES string of the molecule is CC(=O)c1ccc(S(=O)(=O)N(CC2CC2)CC2CC2)cc1. The lowest BCUT2D eigenvalue weighted by molar-refractivity contribution is 0.101. The first-order valence-corrected chi connectivity index (χ1v) is 9.02. The van der Waals surface area contributed by atoms with Gasteiger partial charge in [0.15, 0.2) is 5.78 Å². The van der Waals surface area contributed by atoms with Crippen molar-refractivity contribution in [3.63, 3.8) is 0 Å². The smallest absolute Gasteiger partial charge is 0.243 e. The minimum atomic E-state index is -3.43. The number of nitrogens with zero attached hydrogens (tertiary/aromatic N) is 1. The molecular formula is C16H21NO3S. The molecule has 0 aliphatic heterocycles. The molecule has 114 valence electrons. The van der Waals surface area contributed by atoms with Crippen molar-refractivity contribution in [1.82, 2.24) is 4.31 Å². The van der Waals surface area contributed by atoms with Crippen molar-refractivity contribution in [2.75, 3.05) is 13.1 Å². The summed E-state index contributed by atoms with van der Waals surface area (Å²) in [5.74, 6) is 1.02. The van der Waals surface area contributed by atoms with E-state index in [1.807, 2.05) is 0 Å². The van der Waals surface area contributed by atoms with Crippen LogP contribution in [0, 0.1) is 11.8 Å². The second-order valence-corrected chi connectivity index (χ2v) is 8.23. The van der Waals surface area contributed by atoms with E-state index in [2.05, 4.69) is 0 Å². The maximum absolute atomic E-state index is 12.8. The Morgan fingerprint density at radius 1 is 1.05 bits per heavy atom. The van der Waals surface area contributed by atoms with E-state index in [1.54, 1.807) is 28.6 Å². The summed E-state index contributed by atoms with van der Waals surface area (Å²) < 4.78 is 27.2. The highest BCUT2D eigenvalue weighted by molar-refractivity contribution is 7.89. The molecule has 0 radical (unpaired) electrons. The van der Waals surface area contributed by atoms with Gasteiger partial charge in [-0.2, -0.15) is 4.31 Å². The average molecular weight is 307 g/mol. The predicted octanol–water partition coefficient (Wildman–Crippen LogP) is 2.70. The molecule has 0 heterocycles. The maximum Gasteiger partial charge on any atom is 0.243 e. The van der Waals surface area contributed by atoms with Gasteiger partial charge >= 0.3 is 0 Å². The third-order valence-corrected chi connectivity index (χ3v) is 6.06. The van der Waals surface area contributed by atoms with Crippen LogP contribution in [0.3, 0.4) is 0 Å². The topological polar surface area (TPSA) is 54.5 Å². The third kappa shape index (κ3) is 3.52. The minimum absolute atomic E-state index is 0.0493. The van der Waals surface area contributed by atoms with Gasteiger partial charge in [-0.1, -0.05) is 12.1 Å². The van der Waals surface area contributed by atoms with Crippen molar-refractivity contribution in [1.29, 1.82) is 0 Å². The number of hydrogen-bond acceptors (Lipinski definition) is 3. The van der Waals surface area contributed by atoms with Crippen molar-refractivity contribution in [3.05, 3.63) is 29.8 Å². The van der Waals surface area contributed by atoms with Gasteiger partial charge in [0.1, 0.15) is 0 Å². The molecule has 4 nitrogen and oxygen atoms in total. The van der Waals surface area contributed by atoms with Gasteiger partial charge in [-0.05, 0) is 56.6 Å². The molecular weight excluding hydrogens is 286 g/mol. The van der Waals surface area contributed by atoms with E-state index in [1.165, 1.54) is 6.92 Å². The summed E-state index contributed by atoms with van der Waals surface area (Å²) in [4.78, 5) is 11.6. The summed E-state index contributed by atoms with van der Waals surface area (Å²) in [6.07, 6.45) is 4.56. The largest absolute Gasteiger partial charge is 0.295 e. The van der Waals surface area contributed by atoms with E-state index in [0.717, 1.165) is 25.7 Å². The summed E-state index contributed by atoms with van der Waals surface area (Å²) in [5.41, 5.74) is 0.546. The third-order valence-electron chi connectivity index (χ3n) is 4.22. The molecule has 0 unspecified atom stereocenters. The van der Waals surface area contributed by atoms with Gasteiger partial charge in [0.2, 0.25) is 10.0 Å². The van der Waals surface area contributed by atoms with E-state index in [4.69, 9.17) is 0 Å². The van der Waals surface area contributed by atoms with Crippen molar-refractivity contribution < 1.29 is 13.2 Å². The normalized spacial score (nSPS) is 19.0. The zero-order chi connectivity index (χ0) is 15.0. The molecule has 0 spiro atoms. The zero-order valence-corrected chi connectivity index (χ0v) is 13.1. The summed E-state index contributed by atoms with van der Waals surface area (Å²) >= 11 is 0. The molecule has 2 aliphatic carbocycles. The van der Waals surface area contributed by atoms with Crippen molar-refractivity contribution in [2.24, 2.45) is 11.8 Å². The van der Waals surface area contributed by atoms with Crippen LogP contribution in [-0.4, -0.2) is 31.6 Å². The Labute approximate surface area is 126 Å². The van der Waals surface area contributed by atoms with Gasteiger partial charge < -0.3 is 0 Å². The summed E-state index contributed by atoms with van der Waals surface area (Å²) in [6.45, 7) is 2.77. The molecule has 0 bridgehead atoms. The van der Waals surface area contributed by atoms with E-state index in [0.29, 0.717) is 35.4 Å². The Bertz CT molecular complexity index is 614. The Morgan fingerprint density at radius 3 is 1.90 bits per heavy atom. The molecule has 5 heteroatoms. The number of rotatable bonds is 7. The van der Waals surface area contributed by atoms with Gasteiger partial charge in [-0.15, -0.1) is 0 Å². The maximum atomic E-state index is 12.8. The molecule has 1 aromatic carbocycles. The first-order valence-electron chi connectivity index (χ1n) is 7.58. The van der Waals surface area contributed by atoms with Crippen LogP contribution >= 0.6 is 0 Å². The number of Topliss-reactive ketones (excluding diaryl/α,β-unsaturated/α-hetero) is 1. The van der Waals surface area contributed by atoms with Crippen LogP contribution in [0.4, 0.5) is 0 Å². The van der Waals surface area contributed by atoms with Gasteiger partial charge in [0.25, 0.3) is 0 Å². The number of hydrogen-bond donors (Lipinski definition) is 0. The molecule has 0 N–H and O–H groups in total. The summed E-state index contributed by atoms with van der Waals surface area (Å²) in [7, 11) is -3.43. The molecule has 21 heavy (non-hydrogen) atoms. The van der Waals surface area contributed by atoms with Crippen LogP contribution in [0.1, 0.15) is 43.0 Å². The molecule has 1 aromatic rings. The molecule has 3 rings (SSSR count). The lowest BCUT2D eigenvalue weighted by atomic mass is 10.2. The Hall–Kier alpha value is -1.20. The number of carbonyl (C=O) groups excluding carboxylic acids is 1. The molecule has 2 aliphatic rings. The van der Waals surface area contributed by atoms with Gasteiger partial charge in [-0.3, -0.25) is 4.79 Å². The highest BCUT2D eigenvalue weighted by atomic mass is 32.2. The van der Waals surface area contributed by atoms with Crippen molar-refractivity contribution in [3.8, 4) is 0 Å². The number of ketones is 1. The van der Waals surface area contributed by atoms with Crippen LogP contribution < -0.4 is 0 Å². The molecule has 2 saturated carbocycles. The average Bonchev–Trinajstić information content (AvgIpc) is 3.33. The second kappa shape index (κ2) is 5.54. The fourth-order valence-electron chi connectivity index (χ4n) is 2.46. The van der Waals surface area contributed by atoms with E-state index >= 15 is 0 Å².